The number of likely N-dealkylation sites (tertiary alicyclic amines) is 1. The molecule has 1 aromatic heterocycles. The van der Waals surface area contributed by atoms with Crippen LogP contribution in [0.1, 0.15) is 23.6 Å². The zero-order chi connectivity index (χ0) is 23.4. The van der Waals surface area contributed by atoms with Gasteiger partial charge in [-0.05, 0) is 42.3 Å². The minimum absolute atomic E-state index is 0.0406. The molecule has 2 aliphatic rings. The molecule has 2 aliphatic heterocycles. The number of nitrogens with zero attached hydrogens (tertiary/aromatic N) is 3. The Kier molecular flexibility index (Phi) is 7.27. The van der Waals surface area contributed by atoms with Crippen LogP contribution < -0.4 is 4.74 Å². The van der Waals surface area contributed by atoms with Crippen LogP contribution in [0.4, 0.5) is 0 Å². The number of aromatic nitrogens is 1. The van der Waals surface area contributed by atoms with Gasteiger partial charge in [-0.3, -0.25) is 19.5 Å². The highest BCUT2D eigenvalue weighted by molar-refractivity contribution is 6.46. The second-order valence-corrected chi connectivity index (χ2v) is 8.34. The van der Waals surface area contributed by atoms with Crippen molar-refractivity contribution in [2.24, 2.45) is 0 Å². The number of pyridine rings is 1. The molecule has 1 unspecified atom stereocenters. The van der Waals surface area contributed by atoms with Gasteiger partial charge < -0.3 is 19.5 Å². The molecular weight excluding hydrogens is 446 g/mol. The van der Waals surface area contributed by atoms with Crippen molar-refractivity contribution < 1.29 is 24.2 Å². The lowest BCUT2D eigenvalue weighted by Gasteiger charge is -2.29. The number of ether oxygens (including phenoxy) is 2. The van der Waals surface area contributed by atoms with E-state index >= 15 is 0 Å². The fourth-order valence-corrected chi connectivity index (χ4v) is 4.52. The van der Waals surface area contributed by atoms with Crippen LogP contribution in [-0.2, 0) is 14.3 Å². The average Bonchev–Trinajstić information content (AvgIpc) is 3.10. The third-order valence-electron chi connectivity index (χ3n) is 5.96. The first-order chi connectivity index (χ1) is 16.0. The number of morpholine rings is 1. The molecule has 8 nitrogen and oxygen atoms in total. The van der Waals surface area contributed by atoms with Crippen LogP contribution in [0.2, 0.25) is 5.02 Å². The quantitative estimate of drug-likeness (QED) is 0.377. The van der Waals surface area contributed by atoms with Crippen LogP contribution in [0.5, 0.6) is 5.75 Å². The molecule has 0 spiro atoms. The first kappa shape index (κ1) is 23.2. The van der Waals surface area contributed by atoms with E-state index in [0.717, 1.165) is 19.6 Å². The number of aliphatic hydroxyl groups is 1. The Hall–Kier alpha value is -2.94. The van der Waals surface area contributed by atoms with Gasteiger partial charge in [0, 0.05) is 44.1 Å². The van der Waals surface area contributed by atoms with E-state index in [-0.39, 0.29) is 11.3 Å². The lowest BCUT2D eigenvalue weighted by Crippen LogP contribution is -2.38. The number of hydrogen-bond donors (Lipinski definition) is 1. The van der Waals surface area contributed by atoms with Gasteiger partial charge in [0.1, 0.15) is 11.5 Å². The van der Waals surface area contributed by atoms with E-state index in [1.54, 1.807) is 36.7 Å². The molecular formula is C24H26ClN3O5. The molecule has 2 fully saturated rings. The van der Waals surface area contributed by atoms with Gasteiger partial charge in [0.15, 0.2) is 0 Å². The number of rotatable bonds is 7. The van der Waals surface area contributed by atoms with Crippen molar-refractivity contribution in [2.45, 2.75) is 12.5 Å². The Morgan fingerprint density at radius 2 is 1.91 bits per heavy atom. The maximum Gasteiger partial charge on any atom is 0.295 e. The average molecular weight is 472 g/mol. The van der Waals surface area contributed by atoms with Crippen molar-refractivity contribution in [1.82, 2.24) is 14.8 Å². The van der Waals surface area contributed by atoms with Gasteiger partial charge in [-0.1, -0.05) is 11.6 Å². The summed E-state index contributed by atoms with van der Waals surface area (Å²) in [5, 5.41) is 11.4. The van der Waals surface area contributed by atoms with Gasteiger partial charge >= 0.3 is 0 Å². The predicted molar refractivity (Wildman–Crippen MR) is 123 cm³/mol. The summed E-state index contributed by atoms with van der Waals surface area (Å²) in [6.07, 6.45) is 3.91. The van der Waals surface area contributed by atoms with Crippen LogP contribution in [0.25, 0.3) is 5.76 Å². The lowest BCUT2D eigenvalue weighted by molar-refractivity contribution is -0.140. The van der Waals surface area contributed by atoms with Gasteiger partial charge in [-0.2, -0.15) is 0 Å². The number of benzene rings is 1. The van der Waals surface area contributed by atoms with Gasteiger partial charge in [-0.15, -0.1) is 0 Å². The Morgan fingerprint density at radius 3 is 2.58 bits per heavy atom. The number of carbonyl (C=O) groups is 2. The summed E-state index contributed by atoms with van der Waals surface area (Å²) in [7, 11) is 1.49. The minimum atomic E-state index is -0.715. The van der Waals surface area contributed by atoms with Crippen molar-refractivity contribution in [1.29, 1.82) is 0 Å². The summed E-state index contributed by atoms with van der Waals surface area (Å²) < 4.78 is 10.6. The summed E-state index contributed by atoms with van der Waals surface area (Å²) in [5.74, 6) is -1.16. The third kappa shape index (κ3) is 4.88. The monoisotopic (exact) mass is 471 g/mol. The number of methoxy groups -OCH3 is 1. The summed E-state index contributed by atoms with van der Waals surface area (Å²) in [4.78, 5) is 34.0. The van der Waals surface area contributed by atoms with E-state index in [0.29, 0.717) is 48.1 Å². The summed E-state index contributed by atoms with van der Waals surface area (Å²) >= 11 is 6.23. The molecule has 33 heavy (non-hydrogen) atoms. The zero-order valence-electron chi connectivity index (χ0n) is 18.4. The highest BCUT2D eigenvalue weighted by atomic mass is 35.5. The van der Waals surface area contributed by atoms with Crippen molar-refractivity contribution in [3.05, 3.63) is 64.4 Å². The van der Waals surface area contributed by atoms with E-state index in [1.165, 1.54) is 18.1 Å². The van der Waals surface area contributed by atoms with Crippen LogP contribution in [0, 0.1) is 0 Å². The number of Topliss-reactive ketones (excluding diaryl/α,β-unsaturated/α-hetero) is 1. The van der Waals surface area contributed by atoms with Gasteiger partial charge in [0.25, 0.3) is 11.7 Å². The fraction of sp³-hybridized carbons (Fsp3) is 0.375. The molecule has 174 valence electrons. The van der Waals surface area contributed by atoms with E-state index in [2.05, 4.69) is 9.88 Å². The van der Waals surface area contributed by atoms with Gasteiger partial charge in [0.2, 0.25) is 0 Å². The predicted octanol–water partition coefficient (Wildman–Crippen LogP) is 2.89. The Morgan fingerprint density at radius 1 is 1.18 bits per heavy atom. The molecule has 9 heteroatoms. The molecule has 1 aromatic carbocycles. The topological polar surface area (TPSA) is 92.2 Å². The number of halogens is 1. The first-order valence-electron chi connectivity index (χ1n) is 10.8. The second kappa shape index (κ2) is 10.3. The standard InChI is InChI=1S/C24H26ClN3O5/c1-32-19-4-3-17(15-18(19)25)22(29)20-21(16-5-7-26-8-6-16)28(24(31)23(20)30)10-2-9-27-11-13-33-14-12-27/h3-8,15,21,29H,2,9-14H2,1H3/b22-20+. The fourth-order valence-electron chi connectivity index (χ4n) is 4.26. The normalized spacial score (nSPS) is 20.9. The maximum absolute atomic E-state index is 13.1. The second-order valence-electron chi connectivity index (χ2n) is 7.93. The SMILES string of the molecule is COc1ccc(/C(O)=C2\C(=O)C(=O)N(CCCN3CCOCC3)C2c2ccncc2)cc1Cl. The molecule has 4 rings (SSSR count). The summed E-state index contributed by atoms with van der Waals surface area (Å²) in [5.41, 5.74) is 1.08. The number of aliphatic hydroxyl groups excluding tert-OH is 1. The molecule has 0 radical (unpaired) electrons. The Bertz CT molecular complexity index is 1050. The summed E-state index contributed by atoms with van der Waals surface area (Å²) in [6.45, 7) is 4.28. The van der Waals surface area contributed by atoms with Crippen LogP contribution in [0.15, 0.2) is 48.3 Å². The largest absolute Gasteiger partial charge is 0.507 e. The lowest BCUT2D eigenvalue weighted by atomic mass is 9.96. The van der Waals surface area contributed by atoms with Crippen LogP contribution in [-0.4, -0.2) is 78.1 Å². The molecule has 1 N–H and O–H groups in total. The smallest absolute Gasteiger partial charge is 0.295 e. The van der Waals surface area contributed by atoms with Gasteiger partial charge in [-0.25, -0.2) is 0 Å². The molecule has 2 aromatic rings. The van der Waals surface area contributed by atoms with Crippen molar-refractivity contribution in [2.75, 3.05) is 46.5 Å². The molecule has 0 bridgehead atoms. The van der Waals surface area contributed by atoms with Crippen LogP contribution >= 0.6 is 11.6 Å². The zero-order valence-corrected chi connectivity index (χ0v) is 19.1. The number of hydrogen-bond acceptors (Lipinski definition) is 7. The number of ketones is 1. The minimum Gasteiger partial charge on any atom is -0.507 e. The van der Waals surface area contributed by atoms with Crippen molar-refractivity contribution >= 4 is 29.1 Å². The summed E-state index contributed by atoms with van der Waals surface area (Å²) in [6, 6.07) is 7.52. The molecule has 0 aliphatic carbocycles. The number of carbonyl (C=O) groups excluding carboxylic acids is 2. The van der Waals surface area contributed by atoms with E-state index in [9.17, 15) is 14.7 Å². The van der Waals surface area contributed by atoms with E-state index in [1.807, 2.05) is 0 Å². The van der Waals surface area contributed by atoms with Crippen molar-refractivity contribution in [3.63, 3.8) is 0 Å². The Balaban J connectivity index is 1.66. The molecule has 1 atom stereocenters. The first-order valence-corrected chi connectivity index (χ1v) is 11.2. The van der Waals surface area contributed by atoms with Crippen molar-refractivity contribution in [3.8, 4) is 5.75 Å². The highest BCUT2D eigenvalue weighted by Crippen LogP contribution is 2.40. The Labute approximate surface area is 197 Å². The molecule has 3 heterocycles. The van der Waals surface area contributed by atoms with E-state index in [4.69, 9.17) is 21.1 Å². The number of amides is 1. The molecule has 2 saturated heterocycles. The third-order valence-corrected chi connectivity index (χ3v) is 6.26. The van der Waals surface area contributed by atoms with Gasteiger partial charge in [0.05, 0.1) is 37.0 Å². The molecule has 1 amide bonds. The maximum atomic E-state index is 13.1. The molecule has 0 saturated carbocycles. The highest BCUT2D eigenvalue weighted by Gasteiger charge is 2.45. The van der Waals surface area contributed by atoms with E-state index < -0.39 is 17.7 Å². The van der Waals surface area contributed by atoms with Crippen LogP contribution in [0.3, 0.4) is 0 Å².